The first-order valence-electron chi connectivity index (χ1n) is 5.63. The fourth-order valence-electron chi connectivity index (χ4n) is 1.71. The van der Waals surface area contributed by atoms with E-state index in [9.17, 15) is 4.79 Å². The zero-order valence-electron chi connectivity index (χ0n) is 9.99. The smallest absolute Gasteiger partial charge is 0.228 e. The molecule has 3 nitrogen and oxygen atoms in total. The van der Waals surface area contributed by atoms with Crippen LogP contribution in [0, 0.1) is 5.92 Å². The number of rotatable bonds is 4. The summed E-state index contributed by atoms with van der Waals surface area (Å²) in [6.45, 7) is 2.60. The standard InChI is InChI=1S/C13H16N2OS/c1-9(8-14-2)13(16)15-11-3-4-12-10(7-11)5-6-17-12/h3-7,9,14H,8H2,1-2H3,(H,15,16). The summed E-state index contributed by atoms with van der Waals surface area (Å²) in [5, 5.41) is 9.17. The predicted octanol–water partition coefficient (Wildman–Crippen LogP) is 2.70. The van der Waals surface area contributed by atoms with Gasteiger partial charge in [-0.2, -0.15) is 0 Å². The average Bonchev–Trinajstić information content (AvgIpc) is 2.76. The summed E-state index contributed by atoms with van der Waals surface area (Å²) in [5.41, 5.74) is 0.865. The monoisotopic (exact) mass is 248 g/mol. The molecule has 0 radical (unpaired) electrons. The number of carbonyl (C=O) groups excluding carboxylic acids is 1. The lowest BCUT2D eigenvalue weighted by atomic mass is 10.1. The van der Waals surface area contributed by atoms with E-state index in [2.05, 4.69) is 22.1 Å². The van der Waals surface area contributed by atoms with E-state index >= 15 is 0 Å². The molecule has 0 aliphatic carbocycles. The predicted molar refractivity (Wildman–Crippen MR) is 73.5 cm³/mol. The molecule has 0 saturated heterocycles. The summed E-state index contributed by atoms with van der Waals surface area (Å²) in [6, 6.07) is 8.06. The van der Waals surface area contributed by atoms with Gasteiger partial charge in [-0.05, 0) is 42.1 Å². The molecule has 1 aromatic carbocycles. The number of anilines is 1. The van der Waals surface area contributed by atoms with Gasteiger partial charge in [0.15, 0.2) is 0 Å². The van der Waals surface area contributed by atoms with Crippen LogP contribution in [0.5, 0.6) is 0 Å². The van der Waals surface area contributed by atoms with Crippen molar-refractivity contribution in [2.24, 2.45) is 5.92 Å². The molecule has 4 heteroatoms. The van der Waals surface area contributed by atoms with Crippen molar-refractivity contribution in [1.82, 2.24) is 5.32 Å². The number of hydrogen-bond acceptors (Lipinski definition) is 3. The first kappa shape index (κ1) is 12.1. The van der Waals surface area contributed by atoms with Crippen LogP contribution in [0.4, 0.5) is 5.69 Å². The summed E-state index contributed by atoms with van der Waals surface area (Å²) >= 11 is 1.71. The minimum atomic E-state index is -0.0295. The fraction of sp³-hybridized carbons (Fsp3) is 0.308. The molecule has 1 amide bonds. The van der Waals surface area contributed by atoms with Crippen molar-refractivity contribution < 1.29 is 4.79 Å². The third kappa shape index (κ3) is 2.84. The number of hydrogen-bond donors (Lipinski definition) is 2. The van der Waals surface area contributed by atoms with Crippen LogP contribution in [-0.2, 0) is 4.79 Å². The first-order chi connectivity index (χ1) is 8.20. The number of fused-ring (bicyclic) bond motifs is 1. The molecule has 2 N–H and O–H groups in total. The molecule has 0 saturated carbocycles. The number of amides is 1. The van der Waals surface area contributed by atoms with Crippen molar-refractivity contribution in [2.45, 2.75) is 6.92 Å². The van der Waals surface area contributed by atoms with Gasteiger partial charge in [0.05, 0.1) is 0 Å². The molecule has 0 fully saturated rings. The van der Waals surface area contributed by atoms with Gasteiger partial charge in [0, 0.05) is 22.8 Å². The summed E-state index contributed by atoms with van der Waals surface area (Å²) in [6.07, 6.45) is 0. The van der Waals surface area contributed by atoms with Crippen LogP contribution in [-0.4, -0.2) is 19.5 Å². The largest absolute Gasteiger partial charge is 0.326 e. The highest BCUT2D eigenvalue weighted by Gasteiger charge is 2.11. The van der Waals surface area contributed by atoms with Crippen LogP contribution < -0.4 is 10.6 Å². The Kier molecular flexibility index (Phi) is 3.76. The molecule has 0 bridgehead atoms. The molecule has 2 aromatic rings. The second-order valence-corrected chi connectivity index (χ2v) is 5.07. The molecular weight excluding hydrogens is 232 g/mol. The Bertz CT molecular complexity index is 521. The van der Waals surface area contributed by atoms with Crippen LogP contribution in [0.3, 0.4) is 0 Å². The van der Waals surface area contributed by atoms with Crippen molar-refractivity contribution in [3.63, 3.8) is 0 Å². The maximum absolute atomic E-state index is 11.8. The SMILES string of the molecule is CNCC(C)C(=O)Nc1ccc2sccc2c1. The van der Waals surface area contributed by atoms with Gasteiger partial charge in [-0.3, -0.25) is 4.79 Å². The van der Waals surface area contributed by atoms with Crippen molar-refractivity contribution in [3.05, 3.63) is 29.6 Å². The second-order valence-electron chi connectivity index (χ2n) is 4.12. The van der Waals surface area contributed by atoms with E-state index in [0.29, 0.717) is 6.54 Å². The maximum Gasteiger partial charge on any atom is 0.228 e. The van der Waals surface area contributed by atoms with E-state index in [4.69, 9.17) is 0 Å². The molecule has 17 heavy (non-hydrogen) atoms. The number of nitrogens with one attached hydrogen (secondary N) is 2. The van der Waals surface area contributed by atoms with Gasteiger partial charge in [0.1, 0.15) is 0 Å². The third-order valence-electron chi connectivity index (χ3n) is 2.68. The van der Waals surface area contributed by atoms with E-state index in [1.54, 1.807) is 11.3 Å². The Morgan fingerprint density at radius 3 is 3.00 bits per heavy atom. The van der Waals surface area contributed by atoms with Crippen molar-refractivity contribution in [2.75, 3.05) is 18.9 Å². The van der Waals surface area contributed by atoms with Crippen LogP contribution in [0.15, 0.2) is 29.6 Å². The summed E-state index contributed by atoms with van der Waals surface area (Å²) in [4.78, 5) is 11.8. The van der Waals surface area contributed by atoms with Crippen molar-refractivity contribution >= 4 is 33.0 Å². The highest BCUT2D eigenvalue weighted by Crippen LogP contribution is 2.24. The highest BCUT2D eigenvalue weighted by molar-refractivity contribution is 7.17. The molecule has 1 heterocycles. The van der Waals surface area contributed by atoms with Crippen LogP contribution >= 0.6 is 11.3 Å². The minimum Gasteiger partial charge on any atom is -0.326 e. The van der Waals surface area contributed by atoms with E-state index in [-0.39, 0.29) is 11.8 Å². The number of benzene rings is 1. The highest BCUT2D eigenvalue weighted by atomic mass is 32.1. The maximum atomic E-state index is 11.8. The zero-order chi connectivity index (χ0) is 12.3. The molecule has 1 aromatic heterocycles. The van der Waals surface area contributed by atoms with Crippen LogP contribution in [0.25, 0.3) is 10.1 Å². The van der Waals surface area contributed by atoms with Crippen molar-refractivity contribution in [3.8, 4) is 0 Å². The van der Waals surface area contributed by atoms with E-state index < -0.39 is 0 Å². The Morgan fingerprint density at radius 2 is 2.24 bits per heavy atom. The van der Waals surface area contributed by atoms with E-state index in [0.717, 1.165) is 5.69 Å². The molecule has 90 valence electrons. The molecule has 1 unspecified atom stereocenters. The van der Waals surface area contributed by atoms with Gasteiger partial charge in [-0.15, -0.1) is 11.3 Å². The molecule has 0 aliphatic rings. The zero-order valence-corrected chi connectivity index (χ0v) is 10.8. The van der Waals surface area contributed by atoms with Crippen molar-refractivity contribution in [1.29, 1.82) is 0 Å². The Morgan fingerprint density at radius 1 is 1.41 bits per heavy atom. The molecule has 0 aliphatic heterocycles. The molecule has 0 spiro atoms. The molecular formula is C13H16N2OS. The van der Waals surface area contributed by atoms with Gasteiger partial charge < -0.3 is 10.6 Å². The van der Waals surface area contributed by atoms with Crippen LogP contribution in [0.2, 0.25) is 0 Å². The minimum absolute atomic E-state index is 0.0295. The Hall–Kier alpha value is -1.39. The lowest BCUT2D eigenvalue weighted by molar-refractivity contribution is -0.119. The summed E-state index contributed by atoms with van der Waals surface area (Å²) < 4.78 is 1.24. The summed E-state index contributed by atoms with van der Waals surface area (Å²) in [7, 11) is 1.85. The van der Waals surface area contributed by atoms with Gasteiger partial charge in [-0.25, -0.2) is 0 Å². The number of carbonyl (C=O) groups is 1. The quantitative estimate of drug-likeness (QED) is 0.873. The average molecular weight is 248 g/mol. The van der Waals surface area contributed by atoms with Gasteiger partial charge in [0.25, 0.3) is 0 Å². The number of thiophene rings is 1. The normalized spacial score (nSPS) is 12.6. The van der Waals surface area contributed by atoms with Gasteiger partial charge in [-0.1, -0.05) is 6.92 Å². The lowest BCUT2D eigenvalue weighted by Gasteiger charge is -2.11. The van der Waals surface area contributed by atoms with Gasteiger partial charge in [0.2, 0.25) is 5.91 Å². The topological polar surface area (TPSA) is 41.1 Å². The van der Waals surface area contributed by atoms with E-state index in [1.807, 2.05) is 32.2 Å². The Balaban J connectivity index is 2.09. The van der Waals surface area contributed by atoms with E-state index in [1.165, 1.54) is 10.1 Å². The fourth-order valence-corrected chi connectivity index (χ4v) is 2.48. The van der Waals surface area contributed by atoms with Crippen LogP contribution in [0.1, 0.15) is 6.92 Å². The van der Waals surface area contributed by atoms with Gasteiger partial charge >= 0.3 is 0 Å². The first-order valence-corrected chi connectivity index (χ1v) is 6.51. The molecule has 1 atom stereocenters. The summed E-state index contributed by atoms with van der Waals surface area (Å²) in [5.74, 6) is 0.0205. The lowest BCUT2D eigenvalue weighted by Crippen LogP contribution is -2.28. The second kappa shape index (κ2) is 5.29. The molecule has 2 rings (SSSR count). The Labute approximate surface area is 105 Å². The third-order valence-corrected chi connectivity index (χ3v) is 3.58.